The van der Waals surface area contributed by atoms with Crippen LogP contribution in [0.5, 0.6) is 5.75 Å². The third-order valence-electron chi connectivity index (χ3n) is 6.27. The highest BCUT2D eigenvalue weighted by Gasteiger charge is 2.27. The highest BCUT2D eigenvalue weighted by atomic mass is 35.5. The molecule has 8 nitrogen and oxygen atoms in total. The number of methoxy groups -OCH3 is 1. The zero-order valence-electron chi connectivity index (χ0n) is 22.4. The number of carbonyl (C=O) groups excluding carboxylic acids is 1. The third kappa shape index (κ3) is 6.33. The molecule has 208 valence electrons. The summed E-state index contributed by atoms with van der Waals surface area (Å²) in [6.45, 7) is 5.19. The Labute approximate surface area is 243 Å². The molecule has 1 amide bonds. The monoisotopic (exact) mass is 598 g/mol. The molecule has 0 unspecified atom stereocenters. The van der Waals surface area contributed by atoms with Gasteiger partial charge in [-0.2, -0.15) is 5.10 Å². The summed E-state index contributed by atoms with van der Waals surface area (Å²) in [6, 6.07) is 20.0. The van der Waals surface area contributed by atoms with Gasteiger partial charge in [0.15, 0.2) is 0 Å². The van der Waals surface area contributed by atoms with Gasteiger partial charge in [0.05, 0.1) is 34.6 Å². The molecule has 1 heterocycles. The van der Waals surface area contributed by atoms with E-state index in [0.29, 0.717) is 21.5 Å². The van der Waals surface area contributed by atoms with E-state index in [1.54, 1.807) is 54.6 Å². The first-order chi connectivity index (χ1) is 19.0. The Morgan fingerprint density at radius 3 is 2.33 bits per heavy atom. The van der Waals surface area contributed by atoms with E-state index in [4.69, 9.17) is 27.9 Å². The number of sulfonamides is 1. The topological polar surface area (TPSA) is 93.0 Å². The van der Waals surface area contributed by atoms with E-state index in [-0.39, 0.29) is 4.90 Å². The number of nitrogens with one attached hydrogen (secondary N) is 1. The van der Waals surface area contributed by atoms with Crippen molar-refractivity contribution in [1.29, 1.82) is 0 Å². The summed E-state index contributed by atoms with van der Waals surface area (Å²) >= 11 is 12.6. The van der Waals surface area contributed by atoms with Crippen molar-refractivity contribution in [1.82, 2.24) is 9.99 Å². The molecule has 1 N–H and O–H groups in total. The van der Waals surface area contributed by atoms with Gasteiger partial charge >= 0.3 is 0 Å². The number of hydrogen-bond acceptors (Lipinski definition) is 5. The Morgan fingerprint density at radius 1 is 1.00 bits per heavy atom. The van der Waals surface area contributed by atoms with Crippen molar-refractivity contribution in [3.8, 4) is 11.4 Å². The predicted molar refractivity (Wildman–Crippen MR) is 160 cm³/mol. The number of anilines is 1. The van der Waals surface area contributed by atoms with E-state index < -0.39 is 22.5 Å². The molecule has 4 rings (SSSR count). The molecule has 40 heavy (non-hydrogen) atoms. The van der Waals surface area contributed by atoms with Gasteiger partial charge in [0.1, 0.15) is 12.3 Å². The fourth-order valence-electron chi connectivity index (χ4n) is 4.19. The van der Waals surface area contributed by atoms with Crippen molar-refractivity contribution in [2.75, 3.05) is 18.0 Å². The van der Waals surface area contributed by atoms with Crippen LogP contribution < -0.4 is 14.5 Å². The number of carbonyl (C=O) groups is 1. The molecule has 0 atom stereocenters. The van der Waals surface area contributed by atoms with Gasteiger partial charge in [-0.25, -0.2) is 13.8 Å². The fraction of sp³-hybridized carbons (Fsp3) is 0.172. The normalized spacial score (nSPS) is 11.6. The molecule has 0 saturated heterocycles. The largest absolute Gasteiger partial charge is 0.497 e. The van der Waals surface area contributed by atoms with Crippen molar-refractivity contribution in [3.05, 3.63) is 105 Å². The van der Waals surface area contributed by atoms with Crippen LogP contribution in [-0.2, 0) is 14.8 Å². The van der Waals surface area contributed by atoms with Gasteiger partial charge in [-0.15, -0.1) is 0 Å². The molecule has 0 saturated carbocycles. The van der Waals surface area contributed by atoms with Crippen molar-refractivity contribution in [2.24, 2.45) is 5.10 Å². The lowest BCUT2D eigenvalue weighted by Crippen LogP contribution is -2.39. The number of hydrogen-bond donors (Lipinski definition) is 1. The molecule has 0 aliphatic heterocycles. The molecular formula is C29H28Cl2N4O4S. The van der Waals surface area contributed by atoms with Crippen LogP contribution in [0.1, 0.15) is 22.5 Å². The standard InChI is InChI=1S/C29H28Cl2N4O4S/c1-19-5-12-26(13-6-19)40(37,38)34(24-8-10-25(39-4)11-9-24)18-29(36)33-32-17-22-15-20(2)35(21(22)3)28-16-23(30)7-14-27(28)31/h5-17H,18H2,1-4H3,(H,33,36)/b32-17-. The Hall–Kier alpha value is -3.79. The van der Waals surface area contributed by atoms with Crippen LogP contribution in [0.25, 0.3) is 5.69 Å². The summed E-state index contributed by atoms with van der Waals surface area (Å²) in [7, 11) is -2.54. The van der Waals surface area contributed by atoms with E-state index in [1.165, 1.54) is 25.5 Å². The summed E-state index contributed by atoms with van der Waals surface area (Å²) in [5.74, 6) is -0.0587. The second kappa shape index (κ2) is 12.2. The molecule has 0 bridgehead atoms. The number of rotatable bonds is 9. The summed E-state index contributed by atoms with van der Waals surface area (Å²) < 4.78 is 35.3. The molecule has 1 aromatic heterocycles. The van der Waals surface area contributed by atoms with E-state index >= 15 is 0 Å². The zero-order valence-corrected chi connectivity index (χ0v) is 24.7. The number of aryl methyl sites for hydroxylation is 2. The molecule has 11 heteroatoms. The van der Waals surface area contributed by atoms with Gasteiger partial charge in [0, 0.05) is 22.0 Å². The average Bonchev–Trinajstić information content (AvgIpc) is 3.21. The number of hydrazone groups is 1. The molecule has 0 fully saturated rings. The Balaban J connectivity index is 1.57. The molecule has 0 aliphatic rings. The summed E-state index contributed by atoms with van der Waals surface area (Å²) in [6.07, 6.45) is 1.50. The number of benzene rings is 3. The van der Waals surface area contributed by atoms with Gasteiger partial charge < -0.3 is 9.30 Å². The first kappa shape index (κ1) is 29.2. The molecule has 0 aliphatic carbocycles. The summed E-state index contributed by atoms with van der Waals surface area (Å²) in [5, 5.41) is 5.18. The highest BCUT2D eigenvalue weighted by Crippen LogP contribution is 2.29. The molecule has 4 aromatic rings. The predicted octanol–water partition coefficient (Wildman–Crippen LogP) is 6.06. The number of amides is 1. The van der Waals surface area contributed by atoms with Gasteiger partial charge in [-0.05, 0) is 81.4 Å². The average molecular weight is 600 g/mol. The third-order valence-corrected chi connectivity index (χ3v) is 8.61. The minimum absolute atomic E-state index is 0.0670. The van der Waals surface area contributed by atoms with E-state index in [0.717, 1.165) is 32.5 Å². The van der Waals surface area contributed by atoms with Gasteiger partial charge in [0.2, 0.25) is 0 Å². The van der Waals surface area contributed by atoms with Gasteiger partial charge in [0.25, 0.3) is 15.9 Å². The lowest BCUT2D eigenvalue weighted by atomic mass is 10.2. The second-order valence-corrected chi connectivity index (χ2v) is 11.8. The Morgan fingerprint density at radius 2 is 1.68 bits per heavy atom. The van der Waals surface area contributed by atoms with Crippen molar-refractivity contribution < 1.29 is 17.9 Å². The summed E-state index contributed by atoms with van der Waals surface area (Å²) in [4.78, 5) is 13.0. The maximum Gasteiger partial charge on any atom is 0.264 e. The lowest BCUT2D eigenvalue weighted by molar-refractivity contribution is -0.119. The van der Waals surface area contributed by atoms with Crippen LogP contribution >= 0.6 is 23.2 Å². The van der Waals surface area contributed by atoms with E-state index in [1.807, 2.05) is 31.4 Å². The van der Waals surface area contributed by atoms with Crippen molar-refractivity contribution in [3.63, 3.8) is 0 Å². The van der Waals surface area contributed by atoms with Crippen LogP contribution in [0.2, 0.25) is 10.0 Å². The molecule has 3 aromatic carbocycles. The Kier molecular flexibility index (Phi) is 8.88. The van der Waals surface area contributed by atoms with Crippen molar-refractivity contribution >= 4 is 51.0 Å². The van der Waals surface area contributed by atoms with Crippen LogP contribution in [-0.4, -0.2) is 38.8 Å². The maximum absolute atomic E-state index is 13.6. The quantitative estimate of drug-likeness (QED) is 0.187. The number of halogens is 2. The summed E-state index contributed by atoms with van der Waals surface area (Å²) in [5.41, 5.74) is 6.87. The zero-order chi connectivity index (χ0) is 29.0. The van der Waals surface area contributed by atoms with Gasteiger partial charge in [-0.1, -0.05) is 40.9 Å². The van der Waals surface area contributed by atoms with Gasteiger partial charge in [-0.3, -0.25) is 9.10 Å². The van der Waals surface area contributed by atoms with Crippen LogP contribution in [0.4, 0.5) is 5.69 Å². The minimum Gasteiger partial charge on any atom is -0.497 e. The molecular weight excluding hydrogens is 571 g/mol. The molecule has 0 radical (unpaired) electrons. The maximum atomic E-state index is 13.6. The van der Waals surface area contributed by atoms with Crippen LogP contribution in [0, 0.1) is 20.8 Å². The minimum atomic E-state index is -4.06. The van der Waals surface area contributed by atoms with Crippen LogP contribution in [0.3, 0.4) is 0 Å². The first-order valence-corrected chi connectivity index (χ1v) is 14.4. The fourth-order valence-corrected chi connectivity index (χ4v) is 5.98. The smallest absolute Gasteiger partial charge is 0.264 e. The van der Waals surface area contributed by atoms with E-state index in [9.17, 15) is 13.2 Å². The first-order valence-electron chi connectivity index (χ1n) is 12.2. The van der Waals surface area contributed by atoms with E-state index in [2.05, 4.69) is 10.5 Å². The number of ether oxygens (including phenoxy) is 1. The SMILES string of the molecule is COc1ccc(N(CC(=O)N/N=C\c2cc(C)n(-c3cc(Cl)ccc3Cl)c2C)S(=O)(=O)c2ccc(C)cc2)cc1. The Bertz CT molecular complexity index is 1670. The lowest BCUT2D eigenvalue weighted by Gasteiger charge is -2.24. The highest BCUT2D eigenvalue weighted by molar-refractivity contribution is 7.92. The number of aromatic nitrogens is 1. The second-order valence-electron chi connectivity index (χ2n) is 9.07. The van der Waals surface area contributed by atoms with Crippen LogP contribution in [0.15, 0.2) is 82.8 Å². The van der Waals surface area contributed by atoms with Crippen molar-refractivity contribution in [2.45, 2.75) is 25.7 Å². The molecule has 0 spiro atoms. The number of nitrogens with zero attached hydrogens (tertiary/aromatic N) is 3.